The van der Waals surface area contributed by atoms with E-state index in [9.17, 15) is 13.2 Å². The fourth-order valence-corrected chi connectivity index (χ4v) is 5.06. The summed E-state index contributed by atoms with van der Waals surface area (Å²) in [4.78, 5) is 2.94. The summed E-state index contributed by atoms with van der Waals surface area (Å²) in [6, 6.07) is 6.04. The summed E-state index contributed by atoms with van der Waals surface area (Å²) in [5, 5.41) is 0. The molecule has 0 spiro atoms. The van der Waals surface area contributed by atoms with Gasteiger partial charge in [0.1, 0.15) is 32.7 Å². The molecule has 4 rings (SSSR count). The van der Waals surface area contributed by atoms with Crippen molar-refractivity contribution in [1.82, 2.24) is 0 Å². The van der Waals surface area contributed by atoms with Gasteiger partial charge in [0, 0.05) is 11.5 Å². The Balaban J connectivity index is 1.30. The summed E-state index contributed by atoms with van der Waals surface area (Å²) >= 11 is 0. The van der Waals surface area contributed by atoms with Gasteiger partial charge in [-0.05, 0) is 30.7 Å². The second kappa shape index (κ2) is 6.76. The van der Waals surface area contributed by atoms with Crippen molar-refractivity contribution in [2.45, 2.75) is 25.6 Å². The lowest BCUT2D eigenvalue weighted by Crippen LogP contribution is -3.27. The van der Waals surface area contributed by atoms with Crippen molar-refractivity contribution in [2.75, 3.05) is 32.7 Å². The van der Waals surface area contributed by atoms with Crippen LogP contribution in [0.3, 0.4) is 0 Å². The van der Waals surface area contributed by atoms with Crippen molar-refractivity contribution < 1.29 is 23.0 Å². The number of nitrogens with one attached hydrogen (secondary N) is 2. The Labute approximate surface area is 147 Å². The Kier molecular flexibility index (Phi) is 4.63. The fourth-order valence-electron chi connectivity index (χ4n) is 5.06. The van der Waals surface area contributed by atoms with E-state index in [4.69, 9.17) is 0 Å². The van der Waals surface area contributed by atoms with E-state index in [1.165, 1.54) is 36.4 Å². The number of quaternary nitrogens is 2. The van der Waals surface area contributed by atoms with Gasteiger partial charge >= 0.3 is 6.18 Å². The summed E-state index contributed by atoms with van der Waals surface area (Å²) in [6.45, 7) is 5.84. The Morgan fingerprint density at radius 2 is 1.64 bits per heavy atom. The average Bonchev–Trinajstić information content (AvgIpc) is 3.19. The van der Waals surface area contributed by atoms with Crippen molar-refractivity contribution in [3.05, 3.63) is 47.5 Å². The van der Waals surface area contributed by atoms with E-state index in [0.717, 1.165) is 43.9 Å². The van der Waals surface area contributed by atoms with E-state index < -0.39 is 11.7 Å². The van der Waals surface area contributed by atoms with Crippen LogP contribution in [0.5, 0.6) is 0 Å². The van der Waals surface area contributed by atoms with Crippen LogP contribution in [0.2, 0.25) is 0 Å². The summed E-state index contributed by atoms with van der Waals surface area (Å²) in [5.74, 6) is 2.44. The molecule has 3 atom stereocenters. The maximum Gasteiger partial charge on any atom is 0.416 e. The zero-order valence-corrected chi connectivity index (χ0v) is 14.5. The van der Waals surface area contributed by atoms with Crippen molar-refractivity contribution >= 4 is 0 Å². The van der Waals surface area contributed by atoms with Gasteiger partial charge in [-0.3, -0.25) is 0 Å². The first-order valence-corrected chi connectivity index (χ1v) is 9.49. The van der Waals surface area contributed by atoms with Crippen molar-refractivity contribution in [2.24, 2.45) is 17.8 Å². The fraction of sp³-hybridized carbons (Fsp3) is 0.600. The number of fused-ring (bicyclic) bond motifs is 2. The third kappa shape index (κ3) is 3.77. The third-order valence-corrected chi connectivity index (χ3v) is 6.39. The molecule has 25 heavy (non-hydrogen) atoms. The Bertz CT molecular complexity index is 632. The molecule has 0 amide bonds. The number of hydrogen-bond acceptors (Lipinski definition) is 0. The molecule has 2 nitrogen and oxygen atoms in total. The molecular weight excluding hydrogens is 325 g/mol. The number of benzene rings is 1. The first-order valence-electron chi connectivity index (χ1n) is 9.49. The van der Waals surface area contributed by atoms with Gasteiger partial charge in [0.2, 0.25) is 0 Å². The van der Waals surface area contributed by atoms with Gasteiger partial charge in [-0.2, -0.15) is 13.2 Å². The largest absolute Gasteiger partial charge is 0.416 e. The number of halogens is 3. The first-order chi connectivity index (χ1) is 12.0. The first kappa shape index (κ1) is 17.1. The van der Waals surface area contributed by atoms with E-state index in [-0.39, 0.29) is 0 Å². The molecule has 1 heterocycles. The van der Waals surface area contributed by atoms with E-state index >= 15 is 0 Å². The molecule has 136 valence electrons. The highest BCUT2D eigenvalue weighted by atomic mass is 19.4. The Morgan fingerprint density at radius 3 is 2.28 bits per heavy atom. The Hall–Kier alpha value is -1.33. The average molecular weight is 352 g/mol. The minimum absolute atomic E-state index is 0.437. The smallest absolute Gasteiger partial charge is 0.325 e. The number of hydrogen-bond donors (Lipinski definition) is 2. The monoisotopic (exact) mass is 352 g/mol. The van der Waals surface area contributed by atoms with Gasteiger partial charge in [-0.1, -0.05) is 30.4 Å². The zero-order chi connectivity index (χ0) is 17.4. The molecule has 1 saturated heterocycles. The highest BCUT2D eigenvalue weighted by Crippen LogP contribution is 2.42. The molecule has 5 heteroatoms. The quantitative estimate of drug-likeness (QED) is 0.754. The van der Waals surface area contributed by atoms with E-state index in [0.29, 0.717) is 12.1 Å². The predicted molar refractivity (Wildman–Crippen MR) is 90.3 cm³/mol. The van der Waals surface area contributed by atoms with E-state index in [1.54, 1.807) is 17.0 Å². The van der Waals surface area contributed by atoms with Crippen LogP contribution >= 0.6 is 0 Å². The van der Waals surface area contributed by atoms with Gasteiger partial charge in [0.25, 0.3) is 0 Å². The summed E-state index contributed by atoms with van der Waals surface area (Å²) < 4.78 is 39.4. The molecule has 1 aromatic carbocycles. The van der Waals surface area contributed by atoms with Crippen LogP contribution in [0, 0.1) is 17.8 Å². The van der Waals surface area contributed by atoms with Crippen molar-refractivity contribution in [3.63, 3.8) is 0 Å². The Morgan fingerprint density at radius 1 is 0.920 bits per heavy atom. The molecule has 2 N–H and O–H groups in total. The topological polar surface area (TPSA) is 8.88 Å². The number of rotatable bonds is 4. The standard InChI is InChI=1S/C20H25F3N2/c21-20(22,23)19-4-2-1-3-17(19)13-24-7-9-25(10-8-24)14-18-12-15-5-6-16(18)11-15/h1-6,15-16,18H,7-14H2/p+2/t15-,16+,18+/m1/s1. The maximum absolute atomic E-state index is 13.1. The van der Waals surface area contributed by atoms with Crippen LogP contribution in [0.15, 0.2) is 36.4 Å². The molecule has 1 saturated carbocycles. The van der Waals surface area contributed by atoms with Crippen LogP contribution < -0.4 is 9.80 Å². The number of allylic oxidation sites excluding steroid dienone is 2. The minimum atomic E-state index is -4.25. The lowest BCUT2D eigenvalue weighted by molar-refractivity contribution is -1.02. The SMILES string of the molecule is FC(F)(F)c1ccccc1C[NH+]1CC[NH+](C[C@@H]2C[C@@H]3C=C[C@H]2C3)CC1. The maximum atomic E-state index is 13.1. The van der Waals surface area contributed by atoms with Crippen LogP contribution in [0.1, 0.15) is 24.0 Å². The van der Waals surface area contributed by atoms with Gasteiger partial charge in [-0.15, -0.1) is 0 Å². The molecular formula is C20H27F3N2+2. The van der Waals surface area contributed by atoms with Gasteiger partial charge in [-0.25, -0.2) is 0 Å². The van der Waals surface area contributed by atoms with Crippen LogP contribution in [0.25, 0.3) is 0 Å². The minimum Gasteiger partial charge on any atom is -0.325 e. The lowest BCUT2D eigenvalue weighted by atomic mass is 9.93. The van der Waals surface area contributed by atoms with E-state index in [1.807, 2.05) is 0 Å². The second-order valence-corrected chi connectivity index (χ2v) is 8.08. The summed E-state index contributed by atoms with van der Waals surface area (Å²) in [5.41, 5.74) is -0.0299. The molecule has 2 aliphatic carbocycles. The molecule has 2 fully saturated rings. The highest BCUT2D eigenvalue weighted by molar-refractivity contribution is 5.28. The molecule has 3 aliphatic rings. The summed E-state index contributed by atoms with van der Waals surface area (Å²) in [7, 11) is 0. The predicted octanol–water partition coefficient (Wildman–Crippen LogP) is 1.20. The molecule has 0 aromatic heterocycles. The van der Waals surface area contributed by atoms with Crippen molar-refractivity contribution in [3.8, 4) is 0 Å². The van der Waals surface area contributed by atoms with Crippen LogP contribution in [-0.4, -0.2) is 32.7 Å². The van der Waals surface area contributed by atoms with Gasteiger partial charge in [0.05, 0.1) is 12.1 Å². The molecule has 1 aromatic rings. The highest BCUT2D eigenvalue weighted by Gasteiger charge is 2.39. The lowest BCUT2D eigenvalue weighted by Gasteiger charge is -2.32. The van der Waals surface area contributed by atoms with E-state index in [2.05, 4.69) is 12.2 Å². The normalized spacial score (nSPS) is 34.6. The second-order valence-electron chi connectivity index (χ2n) is 8.08. The number of alkyl halides is 3. The van der Waals surface area contributed by atoms with Gasteiger partial charge < -0.3 is 9.80 Å². The molecule has 0 radical (unpaired) electrons. The van der Waals surface area contributed by atoms with Crippen molar-refractivity contribution in [1.29, 1.82) is 0 Å². The summed E-state index contributed by atoms with van der Waals surface area (Å²) in [6.07, 6.45) is 3.24. The van der Waals surface area contributed by atoms with Crippen LogP contribution in [0.4, 0.5) is 13.2 Å². The van der Waals surface area contributed by atoms with Crippen LogP contribution in [-0.2, 0) is 12.7 Å². The molecule has 1 aliphatic heterocycles. The zero-order valence-electron chi connectivity index (χ0n) is 14.5. The van der Waals surface area contributed by atoms with Gasteiger partial charge in [0.15, 0.2) is 0 Å². The molecule has 2 bridgehead atoms. The third-order valence-electron chi connectivity index (χ3n) is 6.39. The molecule has 0 unspecified atom stereocenters. The number of piperazine rings is 1.